The van der Waals surface area contributed by atoms with Crippen LogP contribution in [0.1, 0.15) is 40.9 Å². The van der Waals surface area contributed by atoms with Crippen LogP contribution in [0.15, 0.2) is 72.8 Å². The van der Waals surface area contributed by atoms with Crippen molar-refractivity contribution in [2.75, 3.05) is 19.7 Å². The van der Waals surface area contributed by atoms with Crippen molar-refractivity contribution in [3.8, 4) is 16.9 Å². The van der Waals surface area contributed by atoms with Gasteiger partial charge in [0.05, 0.1) is 21.7 Å². The Balaban J connectivity index is 1.47. The van der Waals surface area contributed by atoms with Crippen molar-refractivity contribution >= 4 is 46.6 Å². The lowest BCUT2D eigenvalue weighted by Crippen LogP contribution is -2.49. The first kappa shape index (κ1) is 31.1. The van der Waals surface area contributed by atoms with Crippen molar-refractivity contribution in [2.24, 2.45) is 11.1 Å². The zero-order valence-corrected chi connectivity index (χ0v) is 25.6. The molecule has 0 unspecified atom stereocenters. The second kappa shape index (κ2) is 13.1. The van der Waals surface area contributed by atoms with E-state index in [4.69, 9.17) is 40.5 Å². The molecule has 3 aromatic carbocycles. The molecule has 4 aromatic rings. The van der Waals surface area contributed by atoms with E-state index < -0.39 is 11.3 Å². The number of aliphatic hydroxyl groups is 1. The third-order valence-corrected chi connectivity index (χ3v) is 9.11. The molecule has 0 aliphatic carbocycles. The fraction of sp³-hybridized carbons (Fsp3) is 0.273. The van der Waals surface area contributed by atoms with Gasteiger partial charge in [-0.25, -0.2) is 4.39 Å². The molecule has 10 heteroatoms. The summed E-state index contributed by atoms with van der Waals surface area (Å²) in [5, 5.41) is 11.5. The highest BCUT2D eigenvalue weighted by atomic mass is 35.5. The summed E-state index contributed by atoms with van der Waals surface area (Å²) in [6.07, 6.45) is 2.13. The van der Waals surface area contributed by atoms with Crippen LogP contribution in [0.4, 0.5) is 4.39 Å². The Morgan fingerprint density at radius 1 is 0.884 bits per heavy atom. The van der Waals surface area contributed by atoms with Gasteiger partial charge in [-0.1, -0.05) is 46.9 Å². The standard InChI is InChI=1S/C33H31Cl3FN3O3/c34-22-3-8-25(9-4-22)40-29(12-18-41)27(20-30(40)26-10-5-23(35)19-28(26)36)31(42)39-16-14-33(15-17-39,32(38)43)13-11-21-1-6-24(37)7-2-21/h1-10,19-20,41H,11-18H2,(H2,38,43). The number of hydrogen-bond donors (Lipinski definition) is 2. The van der Waals surface area contributed by atoms with Crippen molar-refractivity contribution in [1.82, 2.24) is 9.47 Å². The normalized spacial score (nSPS) is 14.6. The number of carbonyl (C=O) groups is 2. The van der Waals surface area contributed by atoms with Crippen molar-refractivity contribution in [3.63, 3.8) is 0 Å². The van der Waals surface area contributed by atoms with Gasteiger partial charge in [0.2, 0.25) is 5.91 Å². The van der Waals surface area contributed by atoms with Gasteiger partial charge in [0.25, 0.3) is 5.91 Å². The van der Waals surface area contributed by atoms with Crippen LogP contribution in [0.3, 0.4) is 0 Å². The zero-order valence-electron chi connectivity index (χ0n) is 23.3. The molecule has 6 nitrogen and oxygen atoms in total. The van der Waals surface area contributed by atoms with Gasteiger partial charge in [-0.2, -0.15) is 0 Å². The molecule has 1 aromatic heterocycles. The van der Waals surface area contributed by atoms with Crippen LogP contribution in [0.5, 0.6) is 0 Å². The lowest BCUT2D eigenvalue weighted by atomic mass is 9.73. The minimum atomic E-state index is -0.768. The van der Waals surface area contributed by atoms with E-state index in [0.717, 1.165) is 11.3 Å². The van der Waals surface area contributed by atoms with E-state index in [0.29, 0.717) is 76.4 Å². The molecule has 0 radical (unpaired) electrons. The largest absolute Gasteiger partial charge is 0.396 e. The highest BCUT2D eigenvalue weighted by molar-refractivity contribution is 6.36. The highest BCUT2D eigenvalue weighted by Gasteiger charge is 2.41. The van der Waals surface area contributed by atoms with Crippen molar-refractivity contribution < 1.29 is 19.1 Å². The second-order valence-corrected chi connectivity index (χ2v) is 12.1. The summed E-state index contributed by atoms with van der Waals surface area (Å²) >= 11 is 19.0. The lowest BCUT2D eigenvalue weighted by Gasteiger charge is -2.40. The Hall–Kier alpha value is -3.36. The number of amides is 2. The van der Waals surface area contributed by atoms with Crippen LogP contribution in [0, 0.1) is 11.2 Å². The number of aliphatic hydroxyl groups excluding tert-OH is 1. The predicted molar refractivity (Wildman–Crippen MR) is 169 cm³/mol. The van der Waals surface area contributed by atoms with Gasteiger partial charge >= 0.3 is 0 Å². The number of benzene rings is 3. The van der Waals surface area contributed by atoms with E-state index in [1.54, 1.807) is 53.4 Å². The number of likely N-dealkylation sites (tertiary alicyclic amines) is 1. The van der Waals surface area contributed by atoms with Gasteiger partial charge in [0.1, 0.15) is 5.82 Å². The number of nitrogens with zero attached hydrogens (tertiary/aromatic N) is 2. The first-order valence-corrected chi connectivity index (χ1v) is 15.2. The monoisotopic (exact) mass is 641 g/mol. The molecule has 3 N–H and O–H groups in total. The molecule has 0 atom stereocenters. The zero-order chi connectivity index (χ0) is 30.7. The first-order chi connectivity index (χ1) is 20.6. The average Bonchev–Trinajstić information content (AvgIpc) is 3.36. The smallest absolute Gasteiger partial charge is 0.255 e. The average molecular weight is 643 g/mol. The third kappa shape index (κ3) is 6.60. The van der Waals surface area contributed by atoms with Crippen LogP contribution >= 0.6 is 34.8 Å². The SMILES string of the molecule is NC(=O)C1(CCc2ccc(F)cc2)CCN(C(=O)c2cc(-c3ccc(Cl)cc3Cl)n(-c3ccc(Cl)cc3)c2CCO)CC1. The van der Waals surface area contributed by atoms with Crippen molar-refractivity contribution in [3.05, 3.63) is 111 Å². The molecule has 2 amide bonds. The number of hydrogen-bond acceptors (Lipinski definition) is 3. The molecule has 1 saturated heterocycles. The summed E-state index contributed by atoms with van der Waals surface area (Å²) in [5.41, 5.74) is 9.21. The van der Waals surface area contributed by atoms with E-state index in [1.807, 2.05) is 16.7 Å². The molecule has 1 aliphatic heterocycles. The third-order valence-electron chi connectivity index (χ3n) is 8.31. The topological polar surface area (TPSA) is 88.6 Å². The van der Waals surface area contributed by atoms with Gasteiger partial charge in [0.15, 0.2) is 0 Å². The summed E-state index contributed by atoms with van der Waals surface area (Å²) in [7, 11) is 0. The molecular formula is C33H31Cl3FN3O3. The van der Waals surface area contributed by atoms with Crippen LogP contribution in [0.2, 0.25) is 15.1 Å². The van der Waals surface area contributed by atoms with Crippen LogP contribution in [-0.2, 0) is 17.6 Å². The minimum absolute atomic E-state index is 0.181. The molecule has 0 saturated carbocycles. The molecule has 43 heavy (non-hydrogen) atoms. The molecule has 5 rings (SSSR count). The Bertz CT molecular complexity index is 1630. The van der Waals surface area contributed by atoms with Gasteiger partial charge in [0, 0.05) is 53.1 Å². The first-order valence-electron chi connectivity index (χ1n) is 14.0. The van der Waals surface area contributed by atoms with E-state index in [-0.39, 0.29) is 24.8 Å². The number of halogens is 4. The summed E-state index contributed by atoms with van der Waals surface area (Å²) in [4.78, 5) is 28.5. The summed E-state index contributed by atoms with van der Waals surface area (Å²) in [6.45, 7) is 0.500. The number of primary amides is 1. The molecular weight excluding hydrogens is 612 g/mol. The van der Waals surface area contributed by atoms with E-state index in [1.165, 1.54) is 12.1 Å². The maximum absolute atomic E-state index is 14.1. The molecule has 0 bridgehead atoms. The van der Waals surface area contributed by atoms with Crippen LogP contribution in [0.25, 0.3) is 16.9 Å². The van der Waals surface area contributed by atoms with Crippen molar-refractivity contribution in [2.45, 2.75) is 32.1 Å². The van der Waals surface area contributed by atoms with Crippen LogP contribution < -0.4 is 5.73 Å². The second-order valence-electron chi connectivity index (χ2n) is 10.9. The molecule has 1 fully saturated rings. The maximum atomic E-state index is 14.1. The minimum Gasteiger partial charge on any atom is -0.396 e. The maximum Gasteiger partial charge on any atom is 0.255 e. The van der Waals surface area contributed by atoms with Gasteiger partial charge in [-0.15, -0.1) is 0 Å². The summed E-state index contributed by atoms with van der Waals surface area (Å²) in [5.74, 6) is -0.914. The van der Waals surface area contributed by atoms with Gasteiger partial charge in [-0.05, 0) is 91.9 Å². The van der Waals surface area contributed by atoms with Crippen LogP contribution in [-0.4, -0.2) is 46.1 Å². The Kier molecular flexibility index (Phi) is 9.47. The number of aryl methyl sites for hydroxylation is 1. The fourth-order valence-corrected chi connectivity index (χ4v) is 6.46. The Morgan fingerprint density at radius 3 is 2.14 bits per heavy atom. The molecule has 2 heterocycles. The lowest BCUT2D eigenvalue weighted by molar-refractivity contribution is -0.130. The molecule has 0 spiro atoms. The van der Waals surface area contributed by atoms with Gasteiger partial charge < -0.3 is 20.3 Å². The Morgan fingerprint density at radius 2 is 1.53 bits per heavy atom. The van der Waals surface area contributed by atoms with Crippen molar-refractivity contribution in [1.29, 1.82) is 0 Å². The Labute approximate surface area is 264 Å². The van der Waals surface area contributed by atoms with Gasteiger partial charge in [-0.3, -0.25) is 9.59 Å². The summed E-state index contributed by atoms with van der Waals surface area (Å²) < 4.78 is 15.3. The van der Waals surface area contributed by atoms with E-state index in [9.17, 15) is 19.1 Å². The number of aromatic nitrogens is 1. The number of piperidine rings is 1. The number of nitrogens with two attached hydrogens (primary N) is 1. The van der Waals surface area contributed by atoms with E-state index in [2.05, 4.69) is 0 Å². The highest BCUT2D eigenvalue weighted by Crippen LogP contribution is 2.39. The predicted octanol–water partition coefficient (Wildman–Crippen LogP) is 7.12. The number of rotatable bonds is 9. The quantitative estimate of drug-likeness (QED) is 0.204. The van der Waals surface area contributed by atoms with E-state index >= 15 is 0 Å². The number of carbonyl (C=O) groups excluding carboxylic acids is 2. The summed E-state index contributed by atoms with van der Waals surface area (Å²) in [6, 6.07) is 20.4. The molecule has 1 aliphatic rings. The molecule has 224 valence electrons. The fourth-order valence-electron chi connectivity index (χ4n) is 5.83.